The number of hydrogen-bond acceptors (Lipinski definition) is 4. The van der Waals surface area contributed by atoms with E-state index in [0.717, 1.165) is 5.56 Å². The van der Waals surface area contributed by atoms with Crippen molar-refractivity contribution in [1.82, 2.24) is 4.90 Å². The molecule has 1 aliphatic rings. The summed E-state index contributed by atoms with van der Waals surface area (Å²) in [6.45, 7) is 0.356. The second-order valence-electron chi connectivity index (χ2n) is 7.00. The Kier molecular flexibility index (Phi) is 6.49. The number of primary sulfonamides is 1. The zero-order valence-electron chi connectivity index (χ0n) is 15.6. The van der Waals surface area contributed by atoms with E-state index in [1.807, 2.05) is 12.1 Å². The molecule has 3 rings (SSSR count). The first kappa shape index (κ1) is 22.3. The van der Waals surface area contributed by atoms with Crippen LogP contribution < -0.4 is 9.88 Å². The van der Waals surface area contributed by atoms with Crippen molar-refractivity contribution in [3.05, 3.63) is 58.6 Å². The van der Waals surface area contributed by atoms with Crippen LogP contribution in [0.25, 0.3) is 0 Å². The summed E-state index contributed by atoms with van der Waals surface area (Å²) in [5, 5.41) is 14.7. The third-order valence-corrected chi connectivity index (χ3v) is 6.23. The molecule has 0 aliphatic carbocycles. The summed E-state index contributed by atoms with van der Waals surface area (Å²) in [5.41, 5.74) is 0.925. The lowest BCUT2D eigenvalue weighted by Gasteiger charge is -2.37. The Balaban J connectivity index is 1.83. The van der Waals surface area contributed by atoms with Gasteiger partial charge in [-0.2, -0.15) is 0 Å². The molecule has 2 aromatic carbocycles. The van der Waals surface area contributed by atoms with E-state index < -0.39 is 38.4 Å². The monoisotopic (exact) mass is 460 g/mol. The summed E-state index contributed by atoms with van der Waals surface area (Å²) in [5.74, 6) is -3.25. The molecule has 1 saturated heterocycles. The minimum atomic E-state index is -4.43. The second kappa shape index (κ2) is 8.75. The van der Waals surface area contributed by atoms with Crippen LogP contribution in [0.4, 0.5) is 13.6 Å². The predicted octanol–water partition coefficient (Wildman–Crippen LogP) is 3.43. The number of carboxylic acid groups (broad SMARTS) is 1. The Labute approximate surface area is 177 Å². The topological polar surface area (TPSA) is 110 Å². The number of amides is 1. The number of nitrogens with two attached hydrogens (primary N) is 1. The highest BCUT2D eigenvalue weighted by molar-refractivity contribution is 7.89. The van der Waals surface area contributed by atoms with Crippen LogP contribution in [0.1, 0.15) is 17.9 Å². The van der Waals surface area contributed by atoms with Gasteiger partial charge in [0.05, 0.1) is 6.61 Å². The van der Waals surface area contributed by atoms with Crippen molar-refractivity contribution < 1.29 is 31.8 Å². The quantitative estimate of drug-likeness (QED) is 0.710. The molecule has 11 heteroatoms. The van der Waals surface area contributed by atoms with Gasteiger partial charge < -0.3 is 14.7 Å². The van der Waals surface area contributed by atoms with Crippen LogP contribution in [0.3, 0.4) is 0 Å². The van der Waals surface area contributed by atoms with Crippen LogP contribution in [0.15, 0.2) is 41.3 Å². The van der Waals surface area contributed by atoms with E-state index in [4.69, 9.17) is 21.5 Å². The van der Waals surface area contributed by atoms with Crippen LogP contribution in [0.5, 0.6) is 5.75 Å². The van der Waals surface area contributed by atoms with Crippen molar-refractivity contribution in [3.8, 4) is 5.75 Å². The average molecular weight is 461 g/mol. The molecule has 2 aromatic rings. The molecule has 1 amide bonds. The molecule has 0 unspecified atom stereocenters. The van der Waals surface area contributed by atoms with Gasteiger partial charge in [-0.25, -0.2) is 27.1 Å². The van der Waals surface area contributed by atoms with Crippen molar-refractivity contribution >= 4 is 27.7 Å². The van der Waals surface area contributed by atoms with Gasteiger partial charge in [-0.05, 0) is 30.0 Å². The highest BCUT2D eigenvalue weighted by atomic mass is 35.5. The number of ether oxygens (including phenoxy) is 1. The zero-order valence-corrected chi connectivity index (χ0v) is 17.2. The molecule has 3 N–H and O–H groups in total. The van der Waals surface area contributed by atoms with Crippen LogP contribution in [0.2, 0.25) is 5.02 Å². The van der Waals surface area contributed by atoms with Gasteiger partial charge in [0.25, 0.3) is 0 Å². The number of rotatable bonds is 5. The van der Waals surface area contributed by atoms with Gasteiger partial charge in [-0.1, -0.05) is 23.7 Å². The van der Waals surface area contributed by atoms with Crippen molar-refractivity contribution in [3.63, 3.8) is 0 Å². The molecule has 0 aromatic heterocycles. The summed E-state index contributed by atoms with van der Waals surface area (Å²) in [4.78, 5) is 11.6. The number of carbonyl (C=O) groups is 1. The minimum absolute atomic E-state index is 0.0885. The van der Waals surface area contributed by atoms with E-state index in [0.29, 0.717) is 30.1 Å². The first-order valence-corrected chi connectivity index (χ1v) is 10.9. The molecule has 0 bridgehead atoms. The summed E-state index contributed by atoms with van der Waals surface area (Å²) in [6, 6.07) is 8.18. The maximum atomic E-state index is 14.3. The molecule has 2 atom stereocenters. The van der Waals surface area contributed by atoms with Gasteiger partial charge >= 0.3 is 6.09 Å². The minimum Gasteiger partial charge on any atom is -0.490 e. The fourth-order valence-electron chi connectivity index (χ4n) is 3.56. The molecule has 162 valence electrons. The number of halogens is 3. The van der Waals surface area contributed by atoms with Crippen molar-refractivity contribution in [1.29, 1.82) is 0 Å². The lowest BCUT2D eigenvalue weighted by molar-refractivity contribution is 0.0927. The molecule has 1 fully saturated rings. The van der Waals surface area contributed by atoms with Gasteiger partial charge in [-0.15, -0.1) is 0 Å². The molecule has 1 heterocycles. The van der Waals surface area contributed by atoms with Gasteiger partial charge in [0, 0.05) is 36.2 Å². The van der Waals surface area contributed by atoms with E-state index in [9.17, 15) is 27.1 Å². The Hall–Kier alpha value is -2.43. The number of piperidine rings is 1. The first-order chi connectivity index (χ1) is 14.1. The lowest BCUT2D eigenvalue weighted by Crippen LogP contribution is -2.44. The molecule has 0 saturated carbocycles. The fraction of sp³-hybridized carbons (Fsp3) is 0.316. The highest BCUT2D eigenvalue weighted by Crippen LogP contribution is 2.35. The van der Waals surface area contributed by atoms with E-state index in [1.165, 1.54) is 4.90 Å². The fourth-order valence-corrected chi connectivity index (χ4v) is 4.28. The maximum Gasteiger partial charge on any atom is 0.407 e. The van der Waals surface area contributed by atoms with Crippen LogP contribution in [-0.4, -0.2) is 44.2 Å². The van der Waals surface area contributed by atoms with Crippen molar-refractivity contribution in [2.45, 2.75) is 17.2 Å². The van der Waals surface area contributed by atoms with E-state index >= 15 is 0 Å². The Bertz CT molecular complexity index is 1050. The Morgan fingerprint density at radius 3 is 2.50 bits per heavy atom. The molecular weight excluding hydrogens is 442 g/mol. The number of benzene rings is 2. The zero-order chi connectivity index (χ0) is 22.1. The highest BCUT2D eigenvalue weighted by Gasteiger charge is 2.33. The normalized spacial score (nSPS) is 19.5. The average Bonchev–Trinajstić information content (AvgIpc) is 2.68. The standard InChI is InChI=1S/C19H19ClF2N2O5S/c20-13-3-1-11(2-4-13)14-5-6-24(19(25)26)9-12(14)10-29-17-7-16(22)18(8-15(17)21)30(23,27)28/h1-4,7-8,12,14H,5-6,9-10H2,(H,25,26)(H2,23,27,28)/t12-,14-/m0/s1. The van der Waals surface area contributed by atoms with Crippen molar-refractivity contribution in [2.75, 3.05) is 19.7 Å². The summed E-state index contributed by atoms with van der Waals surface area (Å²) >= 11 is 5.93. The smallest absolute Gasteiger partial charge is 0.407 e. The van der Waals surface area contributed by atoms with Gasteiger partial charge in [0.15, 0.2) is 11.6 Å². The summed E-state index contributed by atoms with van der Waals surface area (Å²) in [6.07, 6.45) is -0.562. The third-order valence-electron chi connectivity index (χ3n) is 5.05. The maximum absolute atomic E-state index is 14.3. The molecule has 0 radical (unpaired) electrons. The molecular formula is C19H19ClF2N2O5S. The van der Waals surface area contributed by atoms with E-state index in [1.54, 1.807) is 12.1 Å². The lowest BCUT2D eigenvalue weighted by atomic mass is 9.81. The van der Waals surface area contributed by atoms with E-state index in [2.05, 4.69) is 0 Å². The van der Waals surface area contributed by atoms with Gasteiger partial charge in [0.1, 0.15) is 10.7 Å². The van der Waals surface area contributed by atoms with Crippen LogP contribution >= 0.6 is 11.6 Å². The largest absolute Gasteiger partial charge is 0.490 e. The van der Waals surface area contributed by atoms with E-state index in [-0.39, 0.29) is 25.0 Å². The van der Waals surface area contributed by atoms with Gasteiger partial charge in [0.2, 0.25) is 10.0 Å². The van der Waals surface area contributed by atoms with Crippen molar-refractivity contribution in [2.24, 2.45) is 11.1 Å². The SMILES string of the molecule is NS(=O)(=O)c1cc(F)c(OC[C@@H]2CN(C(=O)O)CC[C@H]2c2ccc(Cl)cc2)cc1F. The number of likely N-dealkylation sites (tertiary alicyclic amines) is 1. The molecule has 7 nitrogen and oxygen atoms in total. The molecule has 0 spiro atoms. The Morgan fingerprint density at radius 2 is 1.90 bits per heavy atom. The first-order valence-electron chi connectivity index (χ1n) is 8.94. The van der Waals surface area contributed by atoms with Crippen LogP contribution in [0, 0.1) is 17.6 Å². The van der Waals surface area contributed by atoms with Crippen LogP contribution in [-0.2, 0) is 10.0 Å². The summed E-state index contributed by atoms with van der Waals surface area (Å²) < 4.78 is 56.3. The predicted molar refractivity (Wildman–Crippen MR) is 105 cm³/mol. The summed E-state index contributed by atoms with van der Waals surface area (Å²) in [7, 11) is -4.43. The molecule has 1 aliphatic heterocycles. The second-order valence-corrected chi connectivity index (χ2v) is 8.97. The number of hydrogen-bond donors (Lipinski definition) is 2. The Morgan fingerprint density at radius 1 is 1.23 bits per heavy atom. The molecule has 30 heavy (non-hydrogen) atoms. The number of sulfonamides is 1. The third kappa shape index (κ3) is 5.00. The van der Waals surface area contributed by atoms with Gasteiger partial charge in [-0.3, -0.25) is 0 Å². The number of nitrogens with zero attached hydrogens (tertiary/aromatic N) is 1.